The summed E-state index contributed by atoms with van der Waals surface area (Å²) in [6, 6.07) is 20.1. The third-order valence-corrected chi connectivity index (χ3v) is 6.58. The molecule has 1 fully saturated rings. The molecule has 33 heavy (non-hydrogen) atoms. The first-order chi connectivity index (χ1) is 15.9. The van der Waals surface area contributed by atoms with Crippen LogP contribution in [-0.4, -0.2) is 41.8 Å². The van der Waals surface area contributed by atoms with Gasteiger partial charge in [0.25, 0.3) is 0 Å². The first-order valence-corrected chi connectivity index (χ1v) is 11.5. The minimum atomic E-state index is -0.855. The predicted molar refractivity (Wildman–Crippen MR) is 134 cm³/mol. The van der Waals surface area contributed by atoms with E-state index in [1.54, 1.807) is 0 Å². The summed E-state index contributed by atoms with van der Waals surface area (Å²) in [6.45, 7) is 6.06. The van der Waals surface area contributed by atoms with Gasteiger partial charge in [0.2, 0.25) is 0 Å². The Morgan fingerprint density at radius 1 is 1.09 bits per heavy atom. The van der Waals surface area contributed by atoms with Crippen molar-refractivity contribution in [2.45, 2.75) is 26.4 Å². The van der Waals surface area contributed by atoms with Crippen molar-refractivity contribution in [3.05, 3.63) is 93.5 Å². The van der Waals surface area contributed by atoms with Crippen LogP contribution in [0.3, 0.4) is 0 Å². The van der Waals surface area contributed by atoms with E-state index in [9.17, 15) is 9.90 Å². The van der Waals surface area contributed by atoms with Gasteiger partial charge in [-0.15, -0.1) is 0 Å². The van der Waals surface area contributed by atoms with Crippen molar-refractivity contribution in [3.63, 3.8) is 0 Å². The maximum Gasteiger partial charge on any atom is 0.323 e. The lowest BCUT2D eigenvalue weighted by molar-refractivity contribution is -0.150. The van der Waals surface area contributed by atoms with Gasteiger partial charge in [-0.1, -0.05) is 78.4 Å². The van der Waals surface area contributed by atoms with E-state index in [1.807, 2.05) is 30.0 Å². The number of benzene rings is 3. The number of ether oxygens (including phenoxy) is 1. The molecule has 3 aromatic carbocycles. The van der Waals surface area contributed by atoms with Gasteiger partial charge in [0, 0.05) is 18.1 Å². The fourth-order valence-corrected chi connectivity index (χ4v) is 4.51. The van der Waals surface area contributed by atoms with Crippen LogP contribution in [0.2, 0.25) is 5.02 Å². The van der Waals surface area contributed by atoms with Crippen LogP contribution in [0.25, 0.3) is 23.3 Å². The Balaban J connectivity index is 1.56. The van der Waals surface area contributed by atoms with Crippen LogP contribution in [0.15, 0.2) is 60.7 Å². The molecule has 1 heterocycles. The molecule has 0 radical (unpaired) electrons. The van der Waals surface area contributed by atoms with Crippen LogP contribution in [0.5, 0.6) is 0 Å². The number of aliphatic carboxylic acids is 1. The lowest BCUT2D eigenvalue weighted by atomic mass is 9.95. The molecule has 1 saturated heterocycles. The zero-order valence-corrected chi connectivity index (χ0v) is 19.7. The maximum absolute atomic E-state index is 11.6. The second-order valence-electron chi connectivity index (χ2n) is 8.42. The second-order valence-corrected chi connectivity index (χ2v) is 8.83. The molecule has 5 heteroatoms. The van der Waals surface area contributed by atoms with Gasteiger partial charge < -0.3 is 9.84 Å². The van der Waals surface area contributed by atoms with E-state index in [1.165, 1.54) is 16.7 Å². The van der Waals surface area contributed by atoms with E-state index >= 15 is 0 Å². The fourth-order valence-electron chi connectivity index (χ4n) is 4.26. The summed E-state index contributed by atoms with van der Waals surface area (Å²) >= 11 is 6.64. The van der Waals surface area contributed by atoms with Crippen molar-refractivity contribution in [1.82, 2.24) is 4.90 Å². The molecule has 4 nitrogen and oxygen atoms in total. The van der Waals surface area contributed by atoms with Crippen LogP contribution in [-0.2, 0) is 16.1 Å². The van der Waals surface area contributed by atoms with Gasteiger partial charge in [0.05, 0.1) is 13.2 Å². The number of rotatable bonds is 6. The smallest absolute Gasteiger partial charge is 0.323 e. The molecule has 1 aliphatic rings. The number of hydrogen-bond donors (Lipinski definition) is 1. The molecule has 0 aliphatic carbocycles. The quantitative estimate of drug-likeness (QED) is 0.452. The molecule has 0 saturated carbocycles. The molecule has 170 valence electrons. The third kappa shape index (κ3) is 5.36. The second kappa shape index (κ2) is 10.3. The van der Waals surface area contributed by atoms with Gasteiger partial charge in [-0.05, 0) is 58.9 Å². The largest absolute Gasteiger partial charge is 0.480 e. The molecular weight excluding hydrogens is 434 g/mol. The summed E-state index contributed by atoms with van der Waals surface area (Å²) in [4.78, 5) is 13.5. The van der Waals surface area contributed by atoms with Crippen molar-refractivity contribution in [1.29, 1.82) is 0 Å². The first-order valence-electron chi connectivity index (χ1n) is 11.1. The summed E-state index contributed by atoms with van der Waals surface area (Å²) in [5, 5.41) is 10.1. The SMILES string of the molecule is Cc1cc(C=Cc2cccc(-c3ccccc3)c2C)c(Cl)cc1CN1CCOCC1C(=O)O. The van der Waals surface area contributed by atoms with Crippen molar-refractivity contribution < 1.29 is 14.6 Å². The normalized spacial score (nSPS) is 16.9. The van der Waals surface area contributed by atoms with Crippen molar-refractivity contribution in [3.8, 4) is 11.1 Å². The molecular formula is C28H28ClNO3. The number of nitrogens with zero attached hydrogens (tertiary/aromatic N) is 1. The van der Waals surface area contributed by atoms with Gasteiger partial charge in [0.1, 0.15) is 6.04 Å². The van der Waals surface area contributed by atoms with E-state index in [0.29, 0.717) is 24.7 Å². The predicted octanol–water partition coefficient (Wildman–Crippen LogP) is 6.08. The van der Waals surface area contributed by atoms with E-state index in [4.69, 9.17) is 16.3 Å². The van der Waals surface area contributed by atoms with Crippen LogP contribution in [0, 0.1) is 13.8 Å². The fraction of sp³-hybridized carbons (Fsp3) is 0.250. The van der Waals surface area contributed by atoms with Gasteiger partial charge in [-0.25, -0.2) is 0 Å². The van der Waals surface area contributed by atoms with E-state index in [2.05, 4.69) is 61.5 Å². The van der Waals surface area contributed by atoms with E-state index < -0.39 is 12.0 Å². The molecule has 0 aromatic heterocycles. The van der Waals surface area contributed by atoms with Crippen molar-refractivity contribution in [2.24, 2.45) is 0 Å². The van der Waals surface area contributed by atoms with Crippen LogP contribution in [0.1, 0.15) is 27.8 Å². The summed E-state index contributed by atoms with van der Waals surface area (Å²) in [5.41, 5.74) is 7.85. The Morgan fingerprint density at radius 3 is 2.61 bits per heavy atom. The summed E-state index contributed by atoms with van der Waals surface area (Å²) in [5.74, 6) is -0.855. The number of hydrogen-bond acceptors (Lipinski definition) is 3. The zero-order valence-electron chi connectivity index (χ0n) is 18.9. The average Bonchev–Trinajstić information content (AvgIpc) is 2.82. The minimum Gasteiger partial charge on any atom is -0.480 e. The topological polar surface area (TPSA) is 49.8 Å². The Bertz CT molecular complexity index is 1170. The minimum absolute atomic E-state index is 0.213. The molecule has 4 rings (SSSR count). The molecule has 3 aromatic rings. The number of morpholine rings is 1. The molecule has 0 amide bonds. The lowest BCUT2D eigenvalue weighted by Gasteiger charge is -2.33. The Morgan fingerprint density at radius 2 is 1.85 bits per heavy atom. The molecule has 0 spiro atoms. The van der Waals surface area contributed by atoms with Crippen LogP contribution < -0.4 is 0 Å². The monoisotopic (exact) mass is 461 g/mol. The molecule has 1 N–H and O–H groups in total. The molecule has 1 atom stereocenters. The molecule has 1 unspecified atom stereocenters. The maximum atomic E-state index is 11.6. The van der Waals surface area contributed by atoms with Gasteiger partial charge in [-0.3, -0.25) is 9.69 Å². The lowest BCUT2D eigenvalue weighted by Crippen LogP contribution is -2.49. The number of carboxylic acid groups (broad SMARTS) is 1. The van der Waals surface area contributed by atoms with Gasteiger partial charge in [0.15, 0.2) is 0 Å². The summed E-state index contributed by atoms with van der Waals surface area (Å²) < 4.78 is 5.35. The Kier molecular flexibility index (Phi) is 7.29. The van der Waals surface area contributed by atoms with Crippen LogP contribution in [0.4, 0.5) is 0 Å². The number of carbonyl (C=O) groups is 1. The van der Waals surface area contributed by atoms with E-state index in [-0.39, 0.29) is 6.61 Å². The van der Waals surface area contributed by atoms with Gasteiger partial charge in [-0.2, -0.15) is 0 Å². The van der Waals surface area contributed by atoms with Crippen molar-refractivity contribution in [2.75, 3.05) is 19.8 Å². The molecule has 1 aliphatic heterocycles. The average molecular weight is 462 g/mol. The van der Waals surface area contributed by atoms with Gasteiger partial charge >= 0.3 is 5.97 Å². The number of halogens is 1. The zero-order chi connectivity index (χ0) is 23.4. The third-order valence-electron chi connectivity index (χ3n) is 6.26. The number of aryl methyl sites for hydroxylation is 1. The Hall–Kier alpha value is -2.92. The van der Waals surface area contributed by atoms with Crippen LogP contribution >= 0.6 is 11.6 Å². The Labute approximate surface area is 200 Å². The highest BCUT2D eigenvalue weighted by Crippen LogP contribution is 2.29. The molecule has 0 bridgehead atoms. The number of carboxylic acids is 1. The highest BCUT2D eigenvalue weighted by molar-refractivity contribution is 6.32. The first kappa shape index (κ1) is 23.2. The van der Waals surface area contributed by atoms with E-state index in [0.717, 1.165) is 22.3 Å². The standard InChI is InChI=1S/C28H28ClNO3/c1-19-15-23(26(29)16-24(19)17-30-13-14-33-18-27(30)28(31)32)12-11-21-9-6-10-25(20(21)2)22-7-4-3-5-8-22/h3-12,15-16,27H,13-14,17-18H2,1-2H3,(H,31,32). The highest BCUT2D eigenvalue weighted by atomic mass is 35.5. The summed E-state index contributed by atoms with van der Waals surface area (Å²) in [6.07, 6.45) is 4.15. The summed E-state index contributed by atoms with van der Waals surface area (Å²) in [7, 11) is 0. The van der Waals surface area contributed by atoms with Crippen molar-refractivity contribution >= 4 is 29.7 Å². The highest BCUT2D eigenvalue weighted by Gasteiger charge is 2.29.